The minimum Gasteiger partial charge on any atom is -0.299 e. The number of para-hydroxylation sites is 2. The van der Waals surface area contributed by atoms with E-state index in [4.69, 9.17) is 32.9 Å². The Kier molecular flexibility index (Phi) is 9.61. The number of anilines is 2. The summed E-state index contributed by atoms with van der Waals surface area (Å²) in [4.78, 5) is 30.1. The summed E-state index contributed by atoms with van der Waals surface area (Å²) >= 11 is 12.9. The molecule has 0 N–H and O–H groups in total. The highest BCUT2D eigenvalue weighted by molar-refractivity contribution is 6.30. The van der Waals surface area contributed by atoms with E-state index in [1.807, 2.05) is 119 Å². The van der Waals surface area contributed by atoms with Gasteiger partial charge < -0.3 is 0 Å². The first-order valence-electron chi connectivity index (χ1n) is 17.6. The quantitative estimate of drug-likeness (QED) is 0.156. The van der Waals surface area contributed by atoms with Gasteiger partial charge in [0.25, 0.3) is 0 Å². The summed E-state index contributed by atoms with van der Waals surface area (Å²) < 4.78 is 0. The third-order valence-electron chi connectivity index (χ3n) is 10.2. The molecule has 2 aliphatic rings. The summed E-state index contributed by atoms with van der Waals surface area (Å²) in [6, 6.07) is 51.1. The third kappa shape index (κ3) is 6.62. The molecule has 0 bridgehead atoms. The van der Waals surface area contributed by atoms with E-state index in [9.17, 15) is 0 Å². The van der Waals surface area contributed by atoms with Crippen molar-refractivity contribution in [2.45, 2.75) is 38.1 Å². The summed E-state index contributed by atoms with van der Waals surface area (Å²) in [6.45, 7) is 4.12. The highest BCUT2D eigenvalue weighted by atomic mass is 35.5. The van der Waals surface area contributed by atoms with Gasteiger partial charge in [-0.05, 0) is 84.6 Å². The van der Waals surface area contributed by atoms with Crippen molar-refractivity contribution in [3.8, 4) is 0 Å². The molecule has 2 fully saturated rings. The van der Waals surface area contributed by atoms with Crippen LogP contribution in [0.1, 0.15) is 57.7 Å². The van der Waals surface area contributed by atoms with Crippen LogP contribution in [0.25, 0.3) is 0 Å². The first kappa shape index (κ1) is 34.2. The molecule has 8 rings (SSSR count). The van der Waals surface area contributed by atoms with Gasteiger partial charge in [-0.2, -0.15) is 0 Å². The van der Waals surface area contributed by atoms with E-state index in [2.05, 4.69) is 62.4 Å². The standard InChI is InChI=1S/C45H38Cl2N2O3/c1-29-13-17-33(18-14-29)44-39(41(31-21-25-35(46)26-22-31)48(51-44)37-9-5-3-6-10-37)43(50)40-42(32-23-27-36(47)28-24-32)49(38-11-7-4-8-12-38)52-45(40)34-19-15-30(2)16-20-34/h3-28,39-42,44-45H,1-2H3/t39-,40-,41+,42+,44-,45-/m1/s1. The second-order valence-electron chi connectivity index (χ2n) is 13.6. The third-order valence-corrected chi connectivity index (χ3v) is 10.7. The molecule has 6 atom stereocenters. The van der Waals surface area contributed by atoms with E-state index >= 15 is 4.79 Å². The fraction of sp³-hybridized carbons (Fsp3) is 0.178. The number of nitrogens with zero attached hydrogens (tertiary/aromatic N) is 2. The van der Waals surface area contributed by atoms with Gasteiger partial charge >= 0.3 is 0 Å². The van der Waals surface area contributed by atoms with E-state index in [1.165, 1.54) is 0 Å². The number of hydrogen-bond donors (Lipinski definition) is 0. The molecule has 260 valence electrons. The van der Waals surface area contributed by atoms with Crippen LogP contribution in [0.4, 0.5) is 11.4 Å². The van der Waals surface area contributed by atoms with E-state index in [1.54, 1.807) is 0 Å². The number of halogens is 2. The van der Waals surface area contributed by atoms with Crippen LogP contribution in [-0.2, 0) is 14.5 Å². The average Bonchev–Trinajstić information content (AvgIpc) is 3.77. The monoisotopic (exact) mass is 724 g/mol. The SMILES string of the molecule is Cc1ccc([C@H]2ON(c3ccccc3)[C@@H](c3ccc(Cl)cc3)[C@@H]2C(=O)[C@@H]2[C@@H](c3ccc(C)cc3)ON(c3ccccc3)[C@H]2c2ccc(Cl)cc2)cc1. The van der Waals surface area contributed by atoms with Crippen molar-refractivity contribution in [1.82, 2.24) is 0 Å². The van der Waals surface area contributed by atoms with E-state index in [-0.39, 0.29) is 5.78 Å². The molecular weight excluding hydrogens is 687 g/mol. The summed E-state index contributed by atoms with van der Waals surface area (Å²) in [5.74, 6) is -1.25. The number of benzene rings is 6. The molecule has 0 unspecified atom stereocenters. The molecule has 2 saturated heterocycles. The number of carbonyl (C=O) groups is 1. The van der Waals surface area contributed by atoms with Crippen molar-refractivity contribution >= 4 is 40.4 Å². The summed E-state index contributed by atoms with van der Waals surface area (Å²) in [7, 11) is 0. The summed E-state index contributed by atoms with van der Waals surface area (Å²) in [5.41, 5.74) is 7.67. The Labute approximate surface area is 314 Å². The van der Waals surface area contributed by atoms with Crippen molar-refractivity contribution in [2.75, 3.05) is 10.1 Å². The zero-order valence-corrected chi connectivity index (χ0v) is 30.4. The summed E-state index contributed by atoms with van der Waals surface area (Å²) in [5, 5.41) is 5.08. The van der Waals surface area contributed by atoms with Crippen molar-refractivity contribution in [1.29, 1.82) is 0 Å². The molecule has 5 nitrogen and oxygen atoms in total. The summed E-state index contributed by atoms with van der Waals surface area (Å²) in [6.07, 6.45) is -1.19. The van der Waals surface area contributed by atoms with Crippen LogP contribution in [-0.4, -0.2) is 5.78 Å². The molecule has 2 aliphatic heterocycles. The molecule has 0 aliphatic carbocycles. The Bertz CT molecular complexity index is 1970. The lowest BCUT2D eigenvalue weighted by Crippen LogP contribution is -2.37. The number of hydroxylamine groups is 2. The molecular formula is C45H38Cl2N2O3. The van der Waals surface area contributed by atoms with Crippen LogP contribution >= 0.6 is 23.2 Å². The highest BCUT2D eigenvalue weighted by Gasteiger charge is 2.57. The second-order valence-corrected chi connectivity index (χ2v) is 14.5. The molecule has 2 heterocycles. The van der Waals surface area contributed by atoms with Gasteiger partial charge in [0, 0.05) is 10.0 Å². The zero-order valence-electron chi connectivity index (χ0n) is 28.9. The lowest BCUT2D eigenvalue weighted by Gasteiger charge is -2.31. The topological polar surface area (TPSA) is 42.0 Å². The molecule has 6 aromatic rings. The lowest BCUT2D eigenvalue weighted by molar-refractivity contribution is -0.131. The number of ketones is 1. The van der Waals surface area contributed by atoms with Crippen molar-refractivity contribution in [2.24, 2.45) is 11.8 Å². The van der Waals surface area contributed by atoms with Gasteiger partial charge in [-0.15, -0.1) is 0 Å². The van der Waals surface area contributed by atoms with E-state index in [0.717, 1.165) is 44.8 Å². The van der Waals surface area contributed by atoms with Gasteiger partial charge in [0.05, 0.1) is 35.3 Å². The number of hydrogen-bond acceptors (Lipinski definition) is 5. The Hall–Kier alpha value is -4.91. The average molecular weight is 726 g/mol. The van der Waals surface area contributed by atoms with Gasteiger partial charge in [0.1, 0.15) is 18.0 Å². The molecule has 6 aromatic carbocycles. The smallest absolute Gasteiger partial charge is 0.150 e. The van der Waals surface area contributed by atoms with Crippen LogP contribution < -0.4 is 10.1 Å². The van der Waals surface area contributed by atoms with E-state index in [0.29, 0.717) is 10.0 Å². The van der Waals surface area contributed by atoms with Crippen molar-refractivity contribution < 1.29 is 14.5 Å². The minimum absolute atomic E-state index is 0.0351. The number of carbonyl (C=O) groups excluding carboxylic acids is 1. The zero-order chi connectivity index (χ0) is 35.8. The van der Waals surface area contributed by atoms with Crippen molar-refractivity contribution in [3.63, 3.8) is 0 Å². The van der Waals surface area contributed by atoms with Gasteiger partial charge in [-0.25, -0.2) is 10.1 Å². The number of rotatable bonds is 8. The highest BCUT2D eigenvalue weighted by Crippen LogP contribution is 2.56. The van der Waals surface area contributed by atoms with Crippen LogP contribution in [0, 0.1) is 25.7 Å². The second kappa shape index (κ2) is 14.6. The lowest BCUT2D eigenvalue weighted by atomic mass is 9.73. The van der Waals surface area contributed by atoms with Crippen LogP contribution in [0.3, 0.4) is 0 Å². The predicted octanol–water partition coefficient (Wildman–Crippen LogP) is 11.6. The van der Waals surface area contributed by atoms with Crippen LogP contribution in [0.15, 0.2) is 158 Å². The molecule has 0 amide bonds. The molecule has 0 radical (unpaired) electrons. The van der Waals surface area contributed by atoms with E-state index < -0.39 is 36.1 Å². The Balaban J connectivity index is 1.34. The Morgan fingerprint density at radius 1 is 0.462 bits per heavy atom. The number of aryl methyl sites for hydroxylation is 2. The van der Waals surface area contributed by atoms with Gasteiger partial charge in [-0.3, -0.25) is 14.5 Å². The van der Waals surface area contributed by atoms with Gasteiger partial charge in [-0.1, -0.05) is 144 Å². The molecule has 52 heavy (non-hydrogen) atoms. The fourth-order valence-corrected chi connectivity index (χ4v) is 7.86. The maximum Gasteiger partial charge on any atom is 0.150 e. The molecule has 0 saturated carbocycles. The fourth-order valence-electron chi connectivity index (χ4n) is 7.61. The maximum absolute atomic E-state index is 16.1. The Morgan fingerprint density at radius 3 is 1.13 bits per heavy atom. The van der Waals surface area contributed by atoms with Gasteiger partial charge in [0.2, 0.25) is 0 Å². The normalized spacial score (nSPS) is 22.8. The van der Waals surface area contributed by atoms with Crippen molar-refractivity contribution in [3.05, 3.63) is 201 Å². The number of Topliss-reactive ketones (excluding diaryl/α,β-unsaturated/α-hetero) is 1. The molecule has 0 spiro atoms. The van der Waals surface area contributed by atoms with Crippen LogP contribution in [0.2, 0.25) is 10.0 Å². The molecule has 0 aromatic heterocycles. The minimum atomic E-state index is -0.642. The predicted molar refractivity (Wildman–Crippen MR) is 208 cm³/mol. The van der Waals surface area contributed by atoms with Crippen LogP contribution in [0.5, 0.6) is 0 Å². The van der Waals surface area contributed by atoms with Gasteiger partial charge in [0.15, 0.2) is 0 Å². The first-order valence-corrected chi connectivity index (χ1v) is 18.3. The largest absolute Gasteiger partial charge is 0.299 e. The first-order chi connectivity index (χ1) is 25.4. The maximum atomic E-state index is 16.1. The molecule has 7 heteroatoms. The Morgan fingerprint density at radius 2 is 0.788 bits per heavy atom.